The van der Waals surface area contributed by atoms with Crippen LogP contribution in [-0.2, 0) is 22.0 Å². The summed E-state index contributed by atoms with van der Waals surface area (Å²) in [6, 6.07) is 47.2. The van der Waals surface area contributed by atoms with Gasteiger partial charge in [0.2, 0.25) is 18.2 Å². The Bertz CT molecular complexity index is 2990. The van der Waals surface area contributed by atoms with E-state index in [4.69, 9.17) is 0 Å². The molecule has 0 spiro atoms. The maximum Gasteiger partial charge on any atom is 0.230 e. The first-order valence-electron chi connectivity index (χ1n) is 21.2. The Hall–Kier alpha value is -5.77. The van der Waals surface area contributed by atoms with Gasteiger partial charge in [-0.15, -0.1) is 11.3 Å². The highest BCUT2D eigenvalue weighted by Gasteiger charge is 2.37. The highest BCUT2D eigenvalue weighted by atomic mass is 32.1. The third-order valence-electron chi connectivity index (χ3n) is 11.2. The second-order valence-corrected chi connectivity index (χ2v) is 21.3. The van der Waals surface area contributed by atoms with Crippen LogP contribution in [0, 0.1) is 41.5 Å². The summed E-state index contributed by atoms with van der Waals surface area (Å²) in [4.78, 5) is 38.6. The number of rotatable bonds is 9. The smallest absolute Gasteiger partial charge is 0.230 e. The molecule has 0 aliphatic rings. The zero-order valence-electron chi connectivity index (χ0n) is 37.2. The van der Waals surface area contributed by atoms with Gasteiger partial charge in [0.1, 0.15) is 0 Å². The molecule has 1 aromatic heterocycles. The summed E-state index contributed by atoms with van der Waals surface area (Å²) in [7, 11) is -5.89. The Balaban J connectivity index is 0.000000160. The molecule has 5 nitrogen and oxygen atoms in total. The van der Waals surface area contributed by atoms with Crippen LogP contribution in [0.2, 0.25) is 0 Å². The van der Waals surface area contributed by atoms with Crippen molar-refractivity contribution in [3.8, 4) is 0 Å². The Morgan fingerprint density at radius 3 is 1.51 bits per heavy atom. The summed E-state index contributed by atoms with van der Waals surface area (Å²) in [6.07, 6.45) is 1.94. The number of fused-ring (bicyclic) bond motifs is 2. The van der Waals surface area contributed by atoms with Crippen molar-refractivity contribution in [2.45, 2.75) is 68.2 Å². The fraction of sp³-hybridized carbons (Fsp3) is 0.182. The van der Waals surface area contributed by atoms with E-state index in [2.05, 4.69) is 26.0 Å². The van der Waals surface area contributed by atoms with Crippen LogP contribution in [0.4, 0.5) is 0 Å². The molecule has 320 valence electrons. The molecule has 0 bridgehead atoms. The Kier molecular flexibility index (Phi) is 15.3. The minimum Gasteiger partial charge on any atom is -0.313 e. The maximum atomic E-state index is 14.2. The fourth-order valence-electron chi connectivity index (χ4n) is 8.22. The molecule has 0 amide bonds. The summed E-state index contributed by atoms with van der Waals surface area (Å²) >= 11 is 1.74. The van der Waals surface area contributed by atoms with E-state index in [1.54, 1.807) is 59.9 Å². The van der Waals surface area contributed by atoms with Crippen LogP contribution in [0.3, 0.4) is 0 Å². The first kappa shape index (κ1) is 46.7. The van der Waals surface area contributed by atoms with Gasteiger partial charge in [0.15, 0.2) is 13.2 Å². The minimum absolute atomic E-state index is 0.175. The lowest BCUT2D eigenvalue weighted by Crippen LogP contribution is -2.23. The van der Waals surface area contributed by atoms with Crippen molar-refractivity contribution in [3.63, 3.8) is 0 Å². The van der Waals surface area contributed by atoms with E-state index >= 15 is 0 Å². The van der Waals surface area contributed by atoms with Crippen molar-refractivity contribution in [3.05, 3.63) is 218 Å². The molecular weight excluding hydrogens is 835 g/mol. The Morgan fingerprint density at radius 1 is 0.556 bits per heavy atom. The average Bonchev–Trinajstić information content (AvgIpc) is 3.29. The molecule has 1 heterocycles. The van der Waals surface area contributed by atoms with Crippen molar-refractivity contribution in [2.75, 3.05) is 0 Å². The monoisotopic (exact) mass is 888 g/mol. The number of hydrogen-bond acceptors (Lipinski definition) is 6. The molecule has 63 heavy (non-hydrogen) atoms. The zero-order chi connectivity index (χ0) is 45.4. The minimum atomic E-state index is -3.44. The summed E-state index contributed by atoms with van der Waals surface area (Å²) in [5, 5.41) is 3.50. The molecule has 0 saturated heterocycles. The van der Waals surface area contributed by atoms with E-state index < -0.39 is 14.9 Å². The highest BCUT2D eigenvalue weighted by molar-refractivity contribution is 7.93. The third kappa shape index (κ3) is 10.2. The van der Waals surface area contributed by atoms with Crippen LogP contribution in [0.5, 0.6) is 0 Å². The second kappa shape index (κ2) is 20.6. The van der Waals surface area contributed by atoms with Crippen molar-refractivity contribution >= 4 is 73.4 Å². The van der Waals surface area contributed by atoms with E-state index in [-0.39, 0.29) is 16.5 Å². The molecule has 0 fully saturated rings. The van der Waals surface area contributed by atoms with Crippen LogP contribution < -0.4 is 21.3 Å². The van der Waals surface area contributed by atoms with Crippen LogP contribution in [0.25, 0.3) is 20.2 Å². The maximum absolute atomic E-state index is 14.2. The predicted molar refractivity (Wildman–Crippen MR) is 269 cm³/mol. The summed E-state index contributed by atoms with van der Waals surface area (Å²) in [5.41, 5.74) is 9.12. The van der Waals surface area contributed by atoms with Crippen molar-refractivity contribution in [1.82, 2.24) is 0 Å². The molecule has 0 aliphatic carbocycles. The van der Waals surface area contributed by atoms with E-state index in [1.807, 2.05) is 133 Å². The van der Waals surface area contributed by atoms with Gasteiger partial charge in [0.25, 0.3) is 0 Å². The molecule has 8 rings (SSSR count). The predicted octanol–water partition coefficient (Wildman–Crippen LogP) is 12.9. The molecule has 0 saturated carbocycles. The van der Waals surface area contributed by atoms with Gasteiger partial charge in [0, 0.05) is 47.2 Å². The van der Waals surface area contributed by atoms with Gasteiger partial charge < -0.3 is 9.13 Å². The highest BCUT2D eigenvalue weighted by Crippen LogP contribution is 2.48. The molecule has 0 radical (unpaired) electrons. The third-order valence-corrected chi connectivity index (χ3v) is 16.8. The van der Waals surface area contributed by atoms with Crippen molar-refractivity contribution in [2.24, 2.45) is 0 Å². The quantitative estimate of drug-likeness (QED) is 0.106. The van der Waals surface area contributed by atoms with Crippen LogP contribution in [0.15, 0.2) is 156 Å². The van der Waals surface area contributed by atoms with E-state index in [9.17, 15) is 23.5 Å². The van der Waals surface area contributed by atoms with Gasteiger partial charge in [-0.2, -0.15) is 0 Å². The van der Waals surface area contributed by atoms with Gasteiger partial charge in [-0.1, -0.05) is 158 Å². The average molecular weight is 889 g/mol. The van der Waals surface area contributed by atoms with Gasteiger partial charge in [-0.3, -0.25) is 14.4 Å². The first-order valence-corrected chi connectivity index (χ1v) is 25.2. The number of carbonyl (C=O) groups is 2. The SMILES string of the molecule is CCc1cc(CC)c2sc3ccccc3c(=O)c2c1.Cc1cc(C)c(C(=O)P(=O)(c2ccccc2)c2ccccc2)c(C)c1.Cc1cc(C)c(C(=O)[PH](=O)c2ccccc2)c(C)c1. The second-order valence-electron chi connectivity index (χ2n) is 15.9. The zero-order valence-corrected chi connectivity index (χ0v) is 40.0. The van der Waals surface area contributed by atoms with Gasteiger partial charge in [0.05, 0.1) is 0 Å². The molecule has 7 aromatic carbocycles. The summed E-state index contributed by atoms with van der Waals surface area (Å²) in [5.74, 6) is 0. The molecule has 8 aromatic rings. The van der Waals surface area contributed by atoms with Crippen molar-refractivity contribution in [1.29, 1.82) is 0 Å². The standard InChI is InChI=1S/C22H21O2P.C17H16OS.C16H17O2P/c1-16-14-17(2)21(18(3)15-16)22(23)25(24,19-10-6-4-7-11-19)20-12-8-5-9-13-20;1-3-11-9-12(4-2)17-14(10-11)16(18)13-7-5-6-8-15(13)19-17;1-11-9-12(2)15(13(3)10-11)16(17)19(18)14-7-5-4-6-8-14/h4-15H,1-3H3;5-10H,3-4H2,1-2H3;4-10,19H,1-3H3. The lowest BCUT2D eigenvalue weighted by molar-refractivity contribution is 0.107. The van der Waals surface area contributed by atoms with Crippen molar-refractivity contribution < 1.29 is 18.7 Å². The number of carbonyl (C=O) groups excluding carboxylic acids is 2. The molecule has 1 unspecified atom stereocenters. The topological polar surface area (TPSA) is 85.3 Å². The Morgan fingerprint density at radius 2 is 1.02 bits per heavy atom. The van der Waals surface area contributed by atoms with Gasteiger partial charge in [-0.05, 0) is 106 Å². The normalized spacial score (nSPS) is 11.6. The Labute approximate surface area is 376 Å². The largest absolute Gasteiger partial charge is 0.313 e. The van der Waals surface area contributed by atoms with Gasteiger partial charge in [-0.25, -0.2) is 0 Å². The summed E-state index contributed by atoms with van der Waals surface area (Å²) in [6.45, 7) is 15.9. The molecule has 8 heteroatoms. The van der Waals surface area contributed by atoms with E-state index in [0.29, 0.717) is 27.0 Å². The molecule has 1 atom stereocenters. The summed E-state index contributed by atoms with van der Waals surface area (Å²) < 4.78 is 28.8. The lowest BCUT2D eigenvalue weighted by atomic mass is 10.0. The van der Waals surface area contributed by atoms with Crippen LogP contribution in [0.1, 0.15) is 79.1 Å². The molecular formula is C55H54O5P2S. The number of aryl methyl sites for hydroxylation is 8. The fourth-order valence-corrected chi connectivity index (χ4v) is 13.4. The van der Waals surface area contributed by atoms with E-state index in [1.165, 1.54) is 11.1 Å². The number of hydrogen-bond donors (Lipinski definition) is 0. The first-order chi connectivity index (χ1) is 30.2. The van der Waals surface area contributed by atoms with E-state index in [0.717, 1.165) is 66.4 Å². The van der Waals surface area contributed by atoms with Crippen LogP contribution >= 0.6 is 26.3 Å². The van der Waals surface area contributed by atoms with Gasteiger partial charge >= 0.3 is 0 Å². The lowest BCUT2D eigenvalue weighted by Gasteiger charge is -2.20. The van der Waals surface area contributed by atoms with Crippen LogP contribution in [-0.4, -0.2) is 11.0 Å². The number of benzene rings is 7. The molecule has 0 aliphatic heterocycles. The molecule has 0 N–H and O–H groups in total.